The lowest BCUT2D eigenvalue weighted by molar-refractivity contribution is -0.128. The van der Waals surface area contributed by atoms with Crippen LogP contribution in [-0.2, 0) is 16.0 Å². The molecule has 0 radical (unpaired) electrons. The average molecular weight is 581 g/mol. The second-order valence-electron chi connectivity index (χ2n) is 8.90. The standard InChI is InChI=1S/C30H30BrFN2O4/c1-2-17-30(29(36)33-18-16-21-8-3-6-11-26(21)32)27(24-9-4-5-10-25(24)31)38-28(34-30)22-12-14-23(15-13-22)37-20-7-19-35/h2-6,8-15,27,35H,1,7,16-20H2,(H,33,36)/t27-,30-/m1/s1. The number of aliphatic hydroxyl groups excluding tert-OH is 1. The molecule has 6 nitrogen and oxygen atoms in total. The summed E-state index contributed by atoms with van der Waals surface area (Å²) in [6, 6.07) is 21.3. The van der Waals surface area contributed by atoms with E-state index in [1.54, 1.807) is 36.4 Å². The van der Waals surface area contributed by atoms with Crippen molar-refractivity contribution in [3.63, 3.8) is 0 Å². The number of halogens is 2. The van der Waals surface area contributed by atoms with Gasteiger partial charge in [-0.25, -0.2) is 9.38 Å². The van der Waals surface area contributed by atoms with Crippen molar-refractivity contribution < 1.29 is 23.8 Å². The average Bonchev–Trinajstić information content (AvgIpc) is 3.31. The van der Waals surface area contributed by atoms with Crippen LogP contribution in [0.3, 0.4) is 0 Å². The Labute approximate surface area is 230 Å². The lowest BCUT2D eigenvalue weighted by atomic mass is 9.84. The summed E-state index contributed by atoms with van der Waals surface area (Å²) in [5.74, 6) is 0.362. The van der Waals surface area contributed by atoms with Gasteiger partial charge in [-0.2, -0.15) is 0 Å². The van der Waals surface area contributed by atoms with Gasteiger partial charge in [0.1, 0.15) is 11.6 Å². The molecule has 0 aromatic heterocycles. The van der Waals surface area contributed by atoms with Crippen molar-refractivity contribution in [3.05, 3.63) is 112 Å². The number of aliphatic imine (C=N–C) groups is 1. The van der Waals surface area contributed by atoms with E-state index in [0.717, 1.165) is 10.0 Å². The van der Waals surface area contributed by atoms with Gasteiger partial charge >= 0.3 is 0 Å². The highest BCUT2D eigenvalue weighted by Crippen LogP contribution is 2.44. The van der Waals surface area contributed by atoms with E-state index in [1.807, 2.05) is 36.4 Å². The number of hydrogen-bond donors (Lipinski definition) is 2. The third kappa shape index (κ3) is 6.14. The van der Waals surface area contributed by atoms with E-state index in [1.165, 1.54) is 6.07 Å². The van der Waals surface area contributed by atoms with Crippen LogP contribution in [0.4, 0.5) is 4.39 Å². The molecule has 3 aromatic carbocycles. The summed E-state index contributed by atoms with van der Waals surface area (Å²) >= 11 is 3.60. The number of carbonyl (C=O) groups excluding carboxylic acids is 1. The van der Waals surface area contributed by atoms with Gasteiger partial charge in [-0.3, -0.25) is 4.79 Å². The Morgan fingerprint density at radius 3 is 2.61 bits per heavy atom. The first-order valence-corrected chi connectivity index (χ1v) is 13.3. The van der Waals surface area contributed by atoms with Crippen LogP contribution in [0.1, 0.15) is 35.6 Å². The summed E-state index contributed by atoms with van der Waals surface area (Å²) < 4.78 is 26.9. The molecule has 1 aliphatic heterocycles. The normalized spacial score (nSPS) is 18.4. The molecule has 0 saturated carbocycles. The van der Waals surface area contributed by atoms with Gasteiger partial charge in [0.05, 0.1) is 6.61 Å². The van der Waals surface area contributed by atoms with Crippen molar-refractivity contribution in [1.82, 2.24) is 5.32 Å². The topological polar surface area (TPSA) is 80.2 Å². The molecule has 2 atom stereocenters. The monoisotopic (exact) mass is 580 g/mol. The van der Waals surface area contributed by atoms with E-state index < -0.39 is 11.6 Å². The molecule has 198 valence electrons. The quantitative estimate of drug-likeness (QED) is 0.218. The molecule has 0 saturated heterocycles. The maximum Gasteiger partial charge on any atom is 0.252 e. The summed E-state index contributed by atoms with van der Waals surface area (Å²) in [5, 5.41) is 11.9. The first-order valence-electron chi connectivity index (χ1n) is 12.5. The Bertz CT molecular complexity index is 1300. The van der Waals surface area contributed by atoms with Crippen LogP contribution in [0.5, 0.6) is 5.75 Å². The number of benzene rings is 3. The lowest BCUT2D eigenvalue weighted by Crippen LogP contribution is -2.48. The Kier molecular flexibility index (Phi) is 9.31. The number of amides is 1. The van der Waals surface area contributed by atoms with Crippen LogP contribution in [-0.4, -0.2) is 42.2 Å². The van der Waals surface area contributed by atoms with Gasteiger partial charge in [0.2, 0.25) is 5.90 Å². The third-order valence-corrected chi connectivity index (χ3v) is 7.03. The number of nitrogens with one attached hydrogen (secondary N) is 1. The summed E-state index contributed by atoms with van der Waals surface area (Å²) in [5.41, 5.74) is 0.691. The van der Waals surface area contributed by atoms with Crippen molar-refractivity contribution in [1.29, 1.82) is 0 Å². The molecule has 8 heteroatoms. The smallest absolute Gasteiger partial charge is 0.252 e. The lowest BCUT2D eigenvalue weighted by Gasteiger charge is -2.30. The van der Waals surface area contributed by atoms with E-state index in [4.69, 9.17) is 19.6 Å². The molecular formula is C30H30BrFN2O4. The summed E-state index contributed by atoms with van der Waals surface area (Å²) in [7, 11) is 0. The van der Waals surface area contributed by atoms with Crippen LogP contribution < -0.4 is 10.1 Å². The second kappa shape index (κ2) is 12.8. The third-order valence-electron chi connectivity index (χ3n) is 6.31. The number of nitrogens with zero attached hydrogens (tertiary/aromatic N) is 1. The predicted octanol–water partition coefficient (Wildman–Crippen LogP) is 5.54. The molecule has 0 spiro atoms. The summed E-state index contributed by atoms with van der Waals surface area (Å²) in [4.78, 5) is 18.7. The molecule has 4 rings (SSSR count). The first kappa shape index (κ1) is 27.5. The zero-order chi connectivity index (χ0) is 27.0. The molecule has 1 amide bonds. The van der Waals surface area contributed by atoms with Gasteiger partial charge in [0, 0.05) is 41.6 Å². The largest absolute Gasteiger partial charge is 0.494 e. The number of aliphatic hydroxyl groups is 1. The van der Waals surface area contributed by atoms with E-state index in [2.05, 4.69) is 27.8 Å². The molecule has 38 heavy (non-hydrogen) atoms. The van der Waals surface area contributed by atoms with Gasteiger partial charge in [-0.05, 0) is 48.4 Å². The fraction of sp³-hybridized carbons (Fsp3) is 0.267. The summed E-state index contributed by atoms with van der Waals surface area (Å²) in [6.07, 6.45) is 2.06. The van der Waals surface area contributed by atoms with Crippen LogP contribution >= 0.6 is 15.9 Å². The zero-order valence-corrected chi connectivity index (χ0v) is 22.5. The molecule has 0 aliphatic carbocycles. The van der Waals surface area contributed by atoms with Crippen molar-refractivity contribution in [2.45, 2.75) is 30.9 Å². The highest BCUT2D eigenvalue weighted by atomic mass is 79.9. The number of carbonyl (C=O) groups is 1. The van der Waals surface area contributed by atoms with Crippen molar-refractivity contribution in [3.8, 4) is 5.75 Å². The van der Waals surface area contributed by atoms with Gasteiger partial charge in [0.15, 0.2) is 11.6 Å². The van der Waals surface area contributed by atoms with E-state index in [-0.39, 0.29) is 31.3 Å². The fourth-order valence-electron chi connectivity index (χ4n) is 4.36. The van der Waals surface area contributed by atoms with Crippen LogP contribution in [0.15, 0.2) is 94.9 Å². The minimum absolute atomic E-state index is 0.0624. The Balaban J connectivity index is 1.63. The molecule has 1 aliphatic rings. The molecule has 0 unspecified atom stereocenters. The molecule has 0 bridgehead atoms. The highest BCUT2D eigenvalue weighted by Gasteiger charge is 2.52. The number of hydrogen-bond acceptors (Lipinski definition) is 5. The minimum Gasteiger partial charge on any atom is -0.494 e. The minimum atomic E-state index is -1.31. The Morgan fingerprint density at radius 2 is 1.89 bits per heavy atom. The maximum atomic E-state index is 14.1. The van der Waals surface area contributed by atoms with Crippen LogP contribution in [0.25, 0.3) is 0 Å². The van der Waals surface area contributed by atoms with Crippen molar-refractivity contribution in [2.75, 3.05) is 19.8 Å². The first-order chi connectivity index (χ1) is 18.5. The molecule has 2 N–H and O–H groups in total. The fourth-order valence-corrected chi connectivity index (χ4v) is 4.86. The second-order valence-corrected chi connectivity index (χ2v) is 9.76. The molecule has 3 aromatic rings. The highest BCUT2D eigenvalue weighted by molar-refractivity contribution is 9.10. The van der Waals surface area contributed by atoms with Gasteiger partial charge in [0.25, 0.3) is 5.91 Å². The van der Waals surface area contributed by atoms with E-state index in [0.29, 0.717) is 42.2 Å². The maximum absolute atomic E-state index is 14.1. The molecular weight excluding hydrogens is 551 g/mol. The number of ether oxygens (including phenoxy) is 2. The molecule has 1 heterocycles. The molecule has 0 fully saturated rings. The Hall–Kier alpha value is -3.49. The number of rotatable bonds is 12. The SMILES string of the molecule is C=CC[C@@]1(C(=O)NCCc2ccccc2F)N=C(c2ccc(OCCCO)cc2)O[C@@H]1c1ccccc1Br. The Morgan fingerprint density at radius 1 is 1.16 bits per heavy atom. The van der Waals surface area contributed by atoms with Gasteiger partial charge in [-0.1, -0.05) is 58.4 Å². The van der Waals surface area contributed by atoms with Gasteiger partial charge < -0.3 is 19.9 Å². The van der Waals surface area contributed by atoms with Crippen molar-refractivity contribution >= 4 is 27.7 Å². The summed E-state index contributed by atoms with van der Waals surface area (Å²) in [6.45, 7) is 4.60. The van der Waals surface area contributed by atoms with Crippen molar-refractivity contribution in [2.24, 2.45) is 4.99 Å². The zero-order valence-electron chi connectivity index (χ0n) is 20.9. The van der Waals surface area contributed by atoms with Crippen LogP contribution in [0.2, 0.25) is 0 Å². The van der Waals surface area contributed by atoms with E-state index in [9.17, 15) is 9.18 Å². The van der Waals surface area contributed by atoms with Crippen LogP contribution in [0, 0.1) is 5.82 Å². The van der Waals surface area contributed by atoms with Gasteiger partial charge in [-0.15, -0.1) is 6.58 Å². The predicted molar refractivity (Wildman–Crippen MR) is 149 cm³/mol. The van der Waals surface area contributed by atoms with E-state index >= 15 is 0 Å².